The van der Waals surface area contributed by atoms with E-state index in [-0.39, 0.29) is 22.2 Å². The topological polar surface area (TPSA) is 90.6 Å². The first-order valence-corrected chi connectivity index (χ1v) is 12.4. The van der Waals surface area contributed by atoms with Gasteiger partial charge in [0.1, 0.15) is 17.3 Å². The number of halogens is 4. The Balaban J connectivity index is 0.000000261. The van der Waals surface area contributed by atoms with Crippen molar-refractivity contribution in [3.63, 3.8) is 0 Å². The summed E-state index contributed by atoms with van der Waals surface area (Å²) in [5, 5.41) is 17.8. The molecule has 1 atom stereocenters. The second kappa shape index (κ2) is 11.3. The SMILES string of the molecule is C#CC(C)Oc1cc(N2C(=O)C3=C(CCCC3)C2=O)c(F)cc1Cl.N#Cc1cc(Br)c(O)c(Br)c1. The van der Waals surface area contributed by atoms with Crippen molar-refractivity contribution in [1.82, 2.24) is 0 Å². The molecule has 1 aliphatic heterocycles. The summed E-state index contributed by atoms with van der Waals surface area (Å²) in [5.74, 6) is 0.922. The highest BCUT2D eigenvalue weighted by Crippen LogP contribution is 2.39. The molecule has 2 aromatic carbocycles. The fraction of sp³-hybridized carbons (Fsp3) is 0.240. The van der Waals surface area contributed by atoms with Gasteiger partial charge in [-0.05, 0) is 82.7 Å². The summed E-state index contributed by atoms with van der Waals surface area (Å²) < 4.78 is 20.9. The van der Waals surface area contributed by atoms with Crippen LogP contribution in [-0.2, 0) is 9.59 Å². The van der Waals surface area contributed by atoms with Gasteiger partial charge < -0.3 is 9.84 Å². The molecule has 1 aliphatic carbocycles. The zero-order chi connectivity index (χ0) is 25.9. The second-order valence-corrected chi connectivity index (χ2v) is 9.79. The Morgan fingerprint density at radius 1 is 1.14 bits per heavy atom. The first-order valence-electron chi connectivity index (χ1n) is 10.4. The van der Waals surface area contributed by atoms with Crippen LogP contribution >= 0.6 is 43.5 Å². The molecule has 6 nitrogen and oxygen atoms in total. The Labute approximate surface area is 223 Å². The molecule has 1 N–H and O–H groups in total. The number of aromatic hydroxyl groups is 1. The van der Waals surface area contributed by atoms with Crippen LogP contribution < -0.4 is 9.64 Å². The summed E-state index contributed by atoms with van der Waals surface area (Å²) in [6.07, 6.45) is 7.47. The van der Waals surface area contributed by atoms with Crippen molar-refractivity contribution in [3.05, 3.63) is 60.8 Å². The number of benzene rings is 2. The molecule has 0 radical (unpaired) electrons. The van der Waals surface area contributed by atoms with E-state index in [2.05, 4.69) is 37.8 Å². The Morgan fingerprint density at radius 2 is 1.69 bits per heavy atom. The van der Waals surface area contributed by atoms with Gasteiger partial charge in [-0.2, -0.15) is 5.26 Å². The van der Waals surface area contributed by atoms with E-state index in [1.807, 2.05) is 6.07 Å². The van der Waals surface area contributed by atoms with Gasteiger partial charge in [0.2, 0.25) is 0 Å². The summed E-state index contributed by atoms with van der Waals surface area (Å²) in [4.78, 5) is 26.0. The lowest BCUT2D eigenvalue weighted by atomic mass is 9.93. The van der Waals surface area contributed by atoms with E-state index in [9.17, 15) is 19.1 Å². The molecule has 2 aromatic rings. The van der Waals surface area contributed by atoms with Crippen LogP contribution in [0.1, 0.15) is 38.2 Å². The normalized spacial score (nSPS) is 15.6. The van der Waals surface area contributed by atoms with Gasteiger partial charge in [-0.1, -0.05) is 17.5 Å². The molecular formula is C25H18Br2ClFN2O4. The van der Waals surface area contributed by atoms with Crippen LogP contribution in [0.2, 0.25) is 5.02 Å². The van der Waals surface area contributed by atoms with Crippen molar-refractivity contribution >= 4 is 61.0 Å². The average Bonchev–Trinajstić information content (AvgIpc) is 3.09. The first kappa shape index (κ1) is 26.7. The van der Waals surface area contributed by atoms with Gasteiger partial charge in [-0.25, -0.2) is 9.29 Å². The molecule has 35 heavy (non-hydrogen) atoms. The summed E-state index contributed by atoms with van der Waals surface area (Å²) in [6.45, 7) is 1.63. The Kier molecular flexibility index (Phi) is 8.60. The van der Waals surface area contributed by atoms with E-state index in [4.69, 9.17) is 28.0 Å². The predicted octanol–water partition coefficient (Wildman–Crippen LogP) is 6.41. The third kappa shape index (κ3) is 5.70. The van der Waals surface area contributed by atoms with Crippen LogP contribution in [0.5, 0.6) is 11.5 Å². The molecule has 180 valence electrons. The van der Waals surface area contributed by atoms with Crippen LogP contribution in [0.25, 0.3) is 0 Å². The maximum absolute atomic E-state index is 14.4. The predicted molar refractivity (Wildman–Crippen MR) is 137 cm³/mol. The molecule has 0 bridgehead atoms. The number of terminal acetylenes is 1. The minimum atomic E-state index is -0.762. The van der Waals surface area contributed by atoms with Gasteiger partial charge in [0, 0.05) is 17.2 Å². The van der Waals surface area contributed by atoms with E-state index in [0.29, 0.717) is 38.5 Å². The van der Waals surface area contributed by atoms with Gasteiger partial charge in [0.15, 0.2) is 6.10 Å². The molecule has 0 saturated carbocycles. The third-order valence-corrected chi connectivity index (χ3v) is 6.82. The fourth-order valence-electron chi connectivity index (χ4n) is 3.59. The fourth-order valence-corrected chi connectivity index (χ4v) is 4.97. The summed E-state index contributed by atoms with van der Waals surface area (Å²) >= 11 is 12.2. The quantitative estimate of drug-likeness (QED) is 0.315. The number of phenolic OH excluding ortho intramolecular Hbond substituents is 1. The molecule has 2 amide bonds. The second-order valence-electron chi connectivity index (χ2n) is 7.67. The number of carbonyl (C=O) groups is 2. The lowest BCUT2D eigenvalue weighted by molar-refractivity contribution is -0.120. The lowest BCUT2D eigenvalue weighted by Gasteiger charge is -2.19. The number of amides is 2. The molecule has 10 heteroatoms. The number of nitrogens with zero attached hydrogens (tertiary/aromatic N) is 2. The smallest absolute Gasteiger partial charge is 0.261 e. The van der Waals surface area contributed by atoms with Gasteiger partial charge >= 0.3 is 0 Å². The number of imide groups is 1. The minimum Gasteiger partial charge on any atom is -0.506 e. The first-order chi connectivity index (χ1) is 16.6. The molecule has 0 saturated heterocycles. The number of hydrogen-bond donors (Lipinski definition) is 1. The molecule has 0 fully saturated rings. The molecule has 2 aliphatic rings. The molecular weight excluding hydrogens is 607 g/mol. The third-order valence-electron chi connectivity index (χ3n) is 5.32. The average molecular weight is 625 g/mol. The van der Waals surface area contributed by atoms with E-state index in [1.54, 1.807) is 19.1 Å². The number of anilines is 1. The number of carbonyl (C=O) groups excluding carboxylic acids is 2. The van der Waals surface area contributed by atoms with Crippen molar-refractivity contribution in [2.24, 2.45) is 0 Å². The van der Waals surface area contributed by atoms with Gasteiger partial charge in [0.05, 0.1) is 31.3 Å². The maximum Gasteiger partial charge on any atom is 0.261 e. The zero-order valence-electron chi connectivity index (χ0n) is 18.4. The highest BCUT2D eigenvalue weighted by molar-refractivity contribution is 9.11. The van der Waals surface area contributed by atoms with Crippen molar-refractivity contribution in [3.8, 4) is 29.9 Å². The van der Waals surface area contributed by atoms with Crippen LogP contribution in [0.4, 0.5) is 10.1 Å². The van der Waals surface area contributed by atoms with Crippen molar-refractivity contribution in [2.75, 3.05) is 4.90 Å². The summed E-state index contributed by atoms with van der Waals surface area (Å²) in [5.41, 5.74) is 1.31. The van der Waals surface area contributed by atoms with Crippen LogP contribution in [0.15, 0.2) is 44.4 Å². The van der Waals surface area contributed by atoms with E-state index in [1.165, 1.54) is 6.07 Å². The number of nitriles is 1. The van der Waals surface area contributed by atoms with E-state index < -0.39 is 23.7 Å². The summed E-state index contributed by atoms with van der Waals surface area (Å²) in [6, 6.07) is 7.35. The Bertz CT molecular complexity index is 1280. The number of hydrogen-bond acceptors (Lipinski definition) is 5. The lowest BCUT2D eigenvalue weighted by Crippen LogP contribution is -2.32. The number of phenols is 1. The molecule has 0 spiro atoms. The molecule has 1 heterocycles. The van der Waals surface area contributed by atoms with Crippen LogP contribution in [-0.4, -0.2) is 23.0 Å². The maximum atomic E-state index is 14.4. The van der Waals surface area contributed by atoms with Gasteiger partial charge in [0.25, 0.3) is 11.8 Å². The van der Waals surface area contributed by atoms with E-state index in [0.717, 1.165) is 23.8 Å². The highest BCUT2D eigenvalue weighted by Gasteiger charge is 2.41. The van der Waals surface area contributed by atoms with Gasteiger partial charge in [-0.3, -0.25) is 9.59 Å². The highest BCUT2D eigenvalue weighted by atomic mass is 79.9. The molecule has 0 aromatic heterocycles. The standard InChI is InChI=1S/C18H15ClFNO3.C7H3Br2NO/c1-3-10(2)24-16-9-15(14(20)8-13(16)19)21-17(22)11-6-4-5-7-12(11)18(21)23;8-5-1-4(3-10)2-6(9)7(5)11/h1,8-10H,4-7H2,2H3;1-2,11H. The molecule has 4 rings (SSSR count). The zero-order valence-corrected chi connectivity index (χ0v) is 22.3. The monoisotopic (exact) mass is 622 g/mol. The molecule has 1 unspecified atom stereocenters. The van der Waals surface area contributed by atoms with Gasteiger partial charge in [-0.15, -0.1) is 6.42 Å². The van der Waals surface area contributed by atoms with Crippen molar-refractivity contribution in [2.45, 2.75) is 38.7 Å². The van der Waals surface area contributed by atoms with Crippen LogP contribution in [0, 0.1) is 29.5 Å². The van der Waals surface area contributed by atoms with Crippen molar-refractivity contribution in [1.29, 1.82) is 5.26 Å². The largest absolute Gasteiger partial charge is 0.506 e. The van der Waals surface area contributed by atoms with E-state index >= 15 is 0 Å². The number of rotatable bonds is 3. The summed E-state index contributed by atoms with van der Waals surface area (Å²) in [7, 11) is 0. The number of ether oxygens (including phenoxy) is 1. The Hall–Kier alpha value is -2.85. The minimum absolute atomic E-state index is 0.0233. The Morgan fingerprint density at radius 3 is 2.17 bits per heavy atom. The van der Waals surface area contributed by atoms with Crippen LogP contribution in [0.3, 0.4) is 0 Å². The van der Waals surface area contributed by atoms with Crippen molar-refractivity contribution < 1.29 is 23.8 Å².